The largest absolute Gasteiger partial charge is 0.324 e. The zero-order valence-corrected chi connectivity index (χ0v) is 13.0. The van der Waals surface area contributed by atoms with Gasteiger partial charge in [0, 0.05) is 12.5 Å². The summed E-state index contributed by atoms with van der Waals surface area (Å²) in [4.78, 5) is 28.8. The molecule has 1 aromatic carbocycles. The average Bonchev–Trinajstić information content (AvgIpc) is 2.62. The molecule has 5 nitrogen and oxygen atoms in total. The van der Waals surface area contributed by atoms with E-state index >= 15 is 0 Å². The lowest BCUT2D eigenvalue weighted by molar-refractivity contribution is -0.120. The van der Waals surface area contributed by atoms with Gasteiger partial charge in [-0.25, -0.2) is 0 Å². The van der Waals surface area contributed by atoms with Gasteiger partial charge in [-0.15, -0.1) is 0 Å². The van der Waals surface area contributed by atoms with Crippen LogP contribution in [0.15, 0.2) is 24.3 Å². The molecule has 118 valence electrons. The summed E-state index contributed by atoms with van der Waals surface area (Å²) in [6.45, 7) is 4.36. The van der Waals surface area contributed by atoms with Crippen molar-refractivity contribution in [2.45, 2.75) is 38.6 Å². The first-order chi connectivity index (χ1) is 10.6. The molecule has 3 rings (SSSR count). The first-order valence-electron chi connectivity index (χ1n) is 8.08. The molecule has 2 amide bonds. The summed E-state index contributed by atoms with van der Waals surface area (Å²) < 4.78 is 0. The van der Waals surface area contributed by atoms with Gasteiger partial charge < -0.3 is 10.2 Å². The van der Waals surface area contributed by atoms with Crippen LogP contribution in [0.25, 0.3) is 0 Å². The molecule has 1 fully saturated rings. The van der Waals surface area contributed by atoms with Crippen molar-refractivity contribution in [1.29, 1.82) is 0 Å². The van der Waals surface area contributed by atoms with Crippen molar-refractivity contribution in [3.05, 3.63) is 24.3 Å². The Morgan fingerprint density at radius 3 is 2.73 bits per heavy atom. The van der Waals surface area contributed by atoms with Crippen LogP contribution < -0.4 is 10.2 Å². The lowest BCUT2D eigenvalue weighted by atomic mass is 10.1. The van der Waals surface area contributed by atoms with Crippen molar-refractivity contribution in [2.24, 2.45) is 0 Å². The Labute approximate surface area is 131 Å². The van der Waals surface area contributed by atoms with Gasteiger partial charge in [0.15, 0.2) is 0 Å². The third-order valence-corrected chi connectivity index (χ3v) is 4.44. The molecule has 0 saturated carbocycles. The van der Waals surface area contributed by atoms with E-state index in [2.05, 4.69) is 10.2 Å². The number of piperidine rings is 1. The number of anilines is 2. The van der Waals surface area contributed by atoms with Gasteiger partial charge in [0.1, 0.15) is 0 Å². The van der Waals surface area contributed by atoms with E-state index in [9.17, 15) is 9.59 Å². The van der Waals surface area contributed by atoms with Crippen molar-refractivity contribution in [3.8, 4) is 0 Å². The molecule has 2 aliphatic rings. The van der Waals surface area contributed by atoms with Crippen LogP contribution in [0.2, 0.25) is 0 Å². The van der Waals surface area contributed by atoms with Crippen LogP contribution >= 0.6 is 0 Å². The minimum Gasteiger partial charge on any atom is -0.324 e. The van der Waals surface area contributed by atoms with Crippen LogP contribution in [0, 0.1) is 0 Å². The second-order valence-electron chi connectivity index (χ2n) is 6.22. The van der Waals surface area contributed by atoms with Crippen molar-refractivity contribution < 1.29 is 9.59 Å². The molecular weight excluding hydrogens is 278 g/mol. The van der Waals surface area contributed by atoms with Crippen LogP contribution in [0.3, 0.4) is 0 Å². The first-order valence-corrected chi connectivity index (χ1v) is 8.08. The number of benzene rings is 1. The normalized spacial score (nSPS) is 22.7. The van der Waals surface area contributed by atoms with Crippen molar-refractivity contribution in [1.82, 2.24) is 4.90 Å². The van der Waals surface area contributed by atoms with Crippen LogP contribution in [-0.2, 0) is 9.59 Å². The Morgan fingerprint density at radius 1 is 1.23 bits per heavy atom. The second kappa shape index (κ2) is 6.48. The maximum atomic E-state index is 12.8. The number of rotatable bonds is 2. The van der Waals surface area contributed by atoms with E-state index in [1.807, 2.05) is 31.2 Å². The van der Waals surface area contributed by atoms with E-state index in [-0.39, 0.29) is 17.9 Å². The lowest BCUT2D eigenvalue weighted by Gasteiger charge is -2.32. The summed E-state index contributed by atoms with van der Waals surface area (Å²) in [5.41, 5.74) is 1.53. The van der Waals surface area contributed by atoms with E-state index in [1.165, 1.54) is 19.3 Å². The topological polar surface area (TPSA) is 52.7 Å². The molecule has 0 bridgehead atoms. The zero-order chi connectivity index (χ0) is 15.5. The molecule has 0 radical (unpaired) electrons. The smallest absolute Gasteiger partial charge is 0.241 e. The fraction of sp³-hybridized carbons (Fsp3) is 0.529. The Kier molecular flexibility index (Phi) is 4.43. The van der Waals surface area contributed by atoms with E-state index in [1.54, 1.807) is 4.90 Å². The van der Waals surface area contributed by atoms with Crippen LogP contribution in [0.5, 0.6) is 0 Å². The van der Waals surface area contributed by atoms with Gasteiger partial charge in [-0.05, 0) is 45.0 Å². The van der Waals surface area contributed by atoms with Gasteiger partial charge in [0.05, 0.1) is 17.9 Å². The van der Waals surface area contributed by atoms with Gasteiger partial charge in [-0.1, -0.05) is 18.6 Å². The highest BCUT2D eigenvalue weighted by Gasteiger charge is 2.30. The molecule has 1 unspecified atom stereocenters. The van der Waals surface area contributed by atoms with Gasteiger partial charge in [0.25, 0.3) is 0 Å². The highest BCUT2D eigenvalue weighted by Crippen LogP contribution is 2.31. The number of hydrogen-bond acceptors (Lipinski definition) is 3. The predicted molar refractivity (Wildman–Crippen MR) is 86.9 cm³/mol. The highest BCUT2D eigenvalue weighted by molar-refractivity contribution is 6.04. The summed E-state index contributed by atoms with van der Waals surface area (Å²) in [5.74, 6) is 0.0478. The zero-order valence-electron chi connectivity index (χ0n) is 13.0. The second-order valence-corrected chi connectivity index (χ2v) is 6.22. The summed E-state index contributed by atoms with van der Waals surface area (Å²) in [6, 6.07) is 7.42. The van der Waals surface area contributed by atoms with Gasteiger partial charge in [-0.2, -0.15) is 0 Å². The van der Waals surface area contributed by atoms with E-state index in [4.69, 9.17) is 0 Å². The van der Waals surface area contributed by atoms with E-state index < -0.39 is 0 Å². The molecule has 1 N–H and O–H groups in total. The van der Waals surface area contributed by atoms with Crippen molar-refractivity contribution in [2.75, 3.05) is 29.9 Å². The number of likely N-dealkylation sites (tertiary alicyclic amines) is 1. The molecule has 1 aromatic rings. The summed E-state index contributed by atoms with van der Waals surface area (Å²) in [5, 5.41) is 2.89. The molecule has 0 aliphatic carbocycles. The fourth-order valence-corrected chi connectivity index (χ4v) is 3.35. The molecular formula is C17H23N3O2. The van der Waals surface area contributed by atoms with Crippen LogP contribution in [-0.4, -0.2) is 42.4 Å². The van der Waals surface area contributed by atoms with Gasteiger partial charge in [-0.3, -0.25) is 14.5 Å². The monoisotopic (exact) mass is 301 g/mol. The van der Waals surface area contributed by atoms with E-state index in [0.29, 0.717) is 13.0 Å². The number of nitrogens with zero attached hydrogens (tertiary/aromatic N) is 2. The average molecular weight is 301 g/mol. The standard InChI is InChI=1S/C17H23N3O2/c1-13-11-16(21)18-14-7-3-4-8-15(14)20(13)17(22)12-19-9-5-2-6-10-19/h3-4,7-8,13H,2,5-6,9-12H2,1H3,(H,18,21). The Balaban J connectivity index is 1.83. The SMILES string of the molecule is CC1CC(=O)Nc2ccccc2N1C(=O)CN1CCCCC1. The van der Waals surface area contributed by atoms with Gasteiger partial charge >= 0.3 is 0 Å². The molecule has 2 heterocycles. The number of carbonyl (C=O) groups is 2. The van der Waals surface area contributed by atoms with E-state index in [0.717, 1.165) is 24.5 Å². The maximum Gasteiger partial charge on any atom is 0.241 e. The van der Waals surface area contributed by atoms with Crippen LogP contribution in [0.4, 0.5) is 11.4 Å². The third kappa shape index (κ3) is 3.14. The quantitative estimate of drug-likeness (QED) is 0.911. The molecule has 1 saturated heterocycles. The Bertz CT molecular complexity index is 567. The minimum atomic E-state index is -0.124. The molecule has 5 heteroatoms. The maximum absolute atomic E-state index is 12.8. The predicted octanol–water partition coefficient (Wildman–Crippen LogP) is 2.24. The summed E-state index contributed by atoms with van der Waals surface area (Å²) in [6.07, 6.45) is 3.92. The number of nitrogens with one attached hydrogen (secondary N) is 1. The molecule has 1 atom stereocenters. The number of para-hydroxylation sites is 2. The highest BCUT2D eigenvalue weighted by atomic mass is 16.2. The fourth-order valence-electron chi connectivity index (χ4n) is 3.35. The lowest BCUT2D eigenvalue weighted by Crippen LogP contribution is -2.46. The summed E-state index contributed by atoms with van der Waals surface area (Å²) in [7, 11) is 0. The molecule has 0 spiro atoms. The summed E-state index contributed by atoms with van der Waals surface area (Å²) >= 11 is 0. The van der Waals surface area contributed by atoms with Crippen molar-refractivity contribution >= 4 is 23.2 Å². The first kappa shape index (κ1) is 15.0. The van der Waals surface area contributed by atoms with Gasteiger partial charge in [0.2, 0.25) is 11.8 Å². The number of amides is 2. The van der Waals surface area contributed by atoms with Crippen molar-refractivity contribution in [3.63, 3.8) is 0 Å². The number of hydrogen-bond donors (Lipinski definition) is 1. The molecule has 0 aromatic heterocycles. The number of fused-ring (bicyclic) bond motifs is 1. The molecule has 2 aliphatic heterocycles. The third-order valence-electron chi connectivity index (χ3n) is 4.44. The Morgan fingerprint density at radius 2 is 1.95 bits per heavy atom. The van der Waals surface area contributed by atoms with Crippen LogP contribution in [0.1, 0.15) is 32.6 Å². The number of carbonyl (C=O) groups excluding carboxylic acids is 2. The molecule has 22 heavy (non-hydrogen) atoms. The minimum absolute atomic E-state index is 0.0341. The Hall–Kier alpha value is -1.88.